The van der Waals surface area contributed by atoms with Gasteiger partial charge in [0.25, 0.3) is 5.69 Å². The van der Waals surface area contributed by atoms with E-state index in [0.29, 0.717) is 6.04 Å². The summed E-state index contributed by atoms with van der Waals surface area (Å²) in [5.41, 5.74) is 0.550. The maximum absolute atomic E-state index is 11.7. The normalized spacial score (nSPS) is 18.7. The average Bonchev–Trinajstić information content (AvgIpc) is 2.45. The van der Waals surface area contributed by atoms with Gasteiger partial charge in [0.1, 0.15) is 5.56 Å². The summed E-state index contributed by atoms with van der Waals surface area (Å²) in [7, 11) is 1.21. The third-order valence-corrected chi connectivity index (χ3v) is 3.32. The zero-order chi connectivity index (χ0) is 14.7. The second-order valence-electron chi connectivity index (χ2n) is 4.75. The lowest BCUT2D eigenvalue weighted by Crippen LogP contribution is -2.49. The van der Waals surface area contributed by atoms with E-state index in [2.05, 4.69) is 21.9 Å². The molecule has 0 aromatic heterocycles. The number of carbonyl (C=O) groups is 1. The van der Waals surface area contributed by atoms with E-state index in [4.69, 9.17) is 0 Å². The van der Waals surface area contributed by atoms with E-state index in [1.165, 1.54) is 19.2 Å². The van der Waals surface area contributed by atoms with E-state index in [9.17, 15) is 14.9 Å². The first-order valence-corrected chi connectivity index (χ1v) is 6.38. The maximum Gasteiger partial charge on any atom is 0.344 e. The zero-order valence-corrected chi connectivity index (χ0v) is 11.5. The van der Waals surface area contributed by atoms with E-state index in [-0.39, 0.29) is 11.3 Å². The van der Waals surface area contributed by atoms with E-state index in [1.807, 2.05) is 0 Å². The lowest BCUT2D eigenvalue weighted by molar-refractivity contribution is -0.385. The molecule has 7 nitrogen and oxygen atoms in total. The van der Waals surface area contributed by atoms with Gasteiger partial charge in [-0.25, -0.2) is 4.79 Å². The Morgan fingerprint density at radius 3 is 2.90 bits per heavy atom. The quantitative estimate of drug-likeness (QED) is 0.508. The van der Waals surface area contributed by atoms with E-state index < -0.39 is 10.9 Å². The Kier molecular flexibility index (Phi) is 4.19. The van der Waals surface area contributed by atoms with Gasteiger partial charge in [0.15, 0.2) is 0 Å². The number of ether oxygens (including phenoxy) is 1. The molecule has 1 heterocycles. The average molecular weight is 279 g/mol. The second kappa shape index (κ2) is 5.87. The number of nitro benzene ring substituents is 1. The predicted octanol–water partition coefficient (Wildman–Crippen LogP) is 1.18. The number of esters is 1. The van der Waals surface area contributed by atoms with Gasteiger partial charge in [-0.2, -0.15) is 0 Å². The highest BCUT2D eigenvalue weighted by Gasteiger charge is 2.24. The largest absolute Gasteiger partial charge is 0.465 e. The highest BCUT2D eigenvalue weighted by atomic mass is 16.6. The standard InChI is InChI=1S/C13H17N3O4/c1-9-8-15(6-5-14-9)10-3-4-12(16(18)19)11(7-10)13(17)20-2/h3-4,7,9,14H,5-6,8H2,1-2H3. The van der Waals surface area contributed by atoms with Crippen molar-refractivity contribution < 1.29 is 14.5 Å². The third-order valence-electron chi connectivity index (χ3n) is 3.32. The summed E-state index contributed by atoms with van der Waals surface area (Å²) in [4.78, 5) is 24.2. The summed E-state index contributed by atoms with van der Waals surface area (Å²) < 4.78 is 4.62. The van der Waals surface area contributed by atoms with Crippen LogP contribution in [0.25, 0.3) is 0 Å². The van der Waals surface area contributed by atoms with Crippen LogP contribution in [0, 0.1) is 10.1 Å². The highest BCUT2D eigenvalue weighted by Crippen LogP contribution is 2.26. The van der Waals surface area contributed by atoms with Crippen LogP contribution in [-0.2, 0) is 4.74 Å². The molecule has 7 heteroatoms. The van der Waals surface area contributed by atoms with Gasteiger partial charge >= 0.3 is 5.97 Å². The van der Waals surface area contributed by atoms with Crippen molar-refractivity contribution in [3.63, 3.8) is 0 Å². The van der Waals surface area contributed by atoms with Gasteiger partial charge in [0, 0.05) is 37.4 Å². The Morgan fingerprint density at radius 2 is 2.30 bits per heavy atom. The van der Waals surface area contributed by atoms with E-state index >= 15 is 0 Å². The first-order chi connectivity index (χ1) is 9.52. The lowest BCUT2D eigenvalue weighted by atomic mass is 10.1. The van der Waals surface area contributed by atoms with Crippen LogP contribution in [0.1, 0.15) is 17.3 Å². The summed E-state index contributed by atoms with van der Waals surface area (Å²) in [6, 6.07) is 4.89. The Morgan fingerprint density at radius 1 is 1.55 bits per heavy atom. The zero-order valence-electron chi connectivity index (χ0n) is 11.5. The minimum atomic E-state index is -0.693. The van der Waals surface area contributed by atoms with Gasteiger partial charge in [-0.1, -0.05) is 0 Å². The Labute approximate surface area is 116 Å². The van der Waals surface area contributed by atoms with Crippen molar-refractivity contribution in [3.05, 3.63) is 33.9 Å². The lowest BCUT2D eigenvalue weighted by Gasteiger charge is -2.33. The van der Waals surface area contributed by atoms with Crippen LogP contribution in [0.4, 0.5) is 11.4 Å². The second-order valence-corrected chi connectivity index (χ2v) is 4.75. The molecule has 1 aliphatic rings. The van der Waals surface area contributed by atoms with Gasteiger partial charge in [-0.05, 0) is 19.1 Å². The summed E-state index contributed by atoms with van der Waals surface area (Å²) in [5, 5.41) is 14.3. The van der Waals surface area contributed by atoms with Crippen LogP contribution in [0.2, 0.25) is 0 Å². The Bertz CT molecular complexity index is 532. The number of hydrogen-bond donors (Lipinski definition) is 1. The van der Waals surface area contributed by atoms with Crippen molar-refractivity contribution in [2.75, 3.05) is 31.6 Å². The Hall–Kier alpha value is -2.15. The number of nitrogens with one attached hydrogen (secondary N) is 1. The molecule has 1 aromatic rings. The van der Waals surface area contributed by atoms with Crippen molar-refractivity contribution in [1.29, 1.82) is 0 Å². The van der Waals surface area contributed by atoms with Crippen molar-refractivity contribution in [3.8, 4) is 0 Å². The number of carbonyl (C=O) groups excluding carboxylic acids is 1. The molecule has 0 radical (unpaired) electrons. The number of methoxy groups -OCH3 is 1. The van der Waals surface area contributed by atoms with E-state index in [0.717, 1.165) is 25.3 Å². The molecular weight excluding hydrogens is 262 g/mol. The van der Waals surface area contributed by atoms with Gasteiger partial charge < -0.3 is 15.0 Å². The molecule has 0 saturated carbocycles. The SMILES string of the molecule is COC(=O)c1cc(N2CCNC(C)C2)ccc1[N+](=O)[O-]. The molecule has 108 valence electrons. The molecule has 0 aliphatic carbocycles. The number of piperazine rings is 1. The number of anilines is 1. The number of benzene rings is 1. The number of nitro groups is 1. The fourth-order valence-corrected chi connectivity index (χ4v) is 2.32. The summed E-state index contributed by atoms with van der Waals surface area (Å²) >= 11 is 0. The molecule has 1 fully saturated rings. The molecular formula is C13H17N3O4. The maximum atomic E-state index is 11.7. The minimum absolute atomic E-state index is 0.0128. The van der Waals surface area contributed by atoms with E-state index in [1.54, 1.807) is 6.07 Å². The van der Waals surface area contributed by atoms with Gasteiger partial charge in [0.05, 0.1) is 12.0 Å². The molecule has 0 spiro atoms. The van der Waals surface area contributed by atoms with Crippen LogP contribution < -0.4 is 10.2 Å². The molecule has 1 unspecified atom stereocenters. The van der Waals surface area contributed by atoms with Gasteiger partial charge in [0.2, 0.25) is 0 Å². The van der Waals surface area contributed by atoms with Crippen LogP contribution in [0.3, 0.4) is 0 Å². The van der Waals surface area contributed by atoms with Crippen molar-refractivity contribution in [1.82, 2.24) is 5.32 Å². The summed E-state index contributed by atoms with van der Waals surface area (Å²) in [5.74, 6) is -0.693. The smallest absolute Gasteiger partial charge is 0.344 e. The summed E-state index contributed by atoms with van der Waals surface area (Å²) in [6.07, 6.45) is 0. The number of nitrogens with zero attached hydrogens (tertiary/aromatic N) is 2. The fraction of sp³-hybridized carbons (Fsp3) is 0.462. The highest BCUT2D eigenvalue weighted by molar-refractivity contribution is 5.95. The van der Waals surface area contributed by atoms with Crippen LogP contribution in [0.15, 0.2) is 18.2 Å². The molecule has 1 N–H and O–H groups in total. The molecule has 1 saturated heterocycles. The van der Waals surface area contributed by atoms with Crippen molar-refractivity contribution in [2.24, 2.45) is 0 Å². The molecule has 0 amide bonds. The van der Waals surface area contributed by atoms with Crippen molar-refractivity contribution in [2.45, 2.75) is 13.0 Å². The molecule has 1 aliphatic heterocycles. The van der Waals surface area contributed by atoms with Gasteiger partial charge in [-0.15, -0.1) is 0 Å². The topological polar surface area (TPSA) is 84.7 Å². The predicted molar refractivity (Wildman–Crippen MR) is 74.1 cm³/mol. The van der Waals surface area contributed by atoms with Gasteiger partial charge in [-0.3, -0.25) is 10.1 Å². The molecule has 2 rings (SSSR count). The molecule has 1 atom stereocenters. The molecule has 0 bridgehead atoms. The van der Waals surface area contributed by atoms with Crippen molar-refractivity contribution >= 4 is 17.3 Å². The molecule has 20 heavy (non-hydrogen) atoms. The number of rotatable bonds is 3. The monoisotopic (exact) mass is 279 g/mol. The van der Waals surface area contributed by atoms with Crippen LogP contribution in [0.5, 0.6) is 0 Å². The third kappa shape index (κ3) is 2.88. The van der Waals surface area contributed by atoms with Crippen LogP contribution in [-0.4, -0.2) is 43.7 Å². The molecule has 1 aromatic carbocycles. The minimum Gasteiger partial charge on any atom is -0.465 e. The first kappa shape index (κ1) is 14.3. The Balaban J connectivity index is 2.36. The first-order valence-electron chi connectivity index (χ1n) is 6.38. The fourth-order valence-electron chi connectivity index (χ4n) is 2.32. The summed E-state index contributed by atoms with van der Waals surface area (Å²) in [6.45, 7) is 4.49. The number of hydrogen-bond acceptors (Lipinski definition) is 6. The van der Waals surface area contributed by atoms with Crippen LogP contribution >= 0.6 is 0 Å².